The number of rotatable bonds is 3. The minimum absolute atomic E-state index is 0.162. The molecule has 0 atom stereocenters. The van der Waals surface area contributed by atoms with Gasteiger partial charge in [0.25, 0.3) is 5.91 Å². The molecular weight excluding hydrogens is 294 g/mol. The molecule has 3 rings (SSSR count). The van der Waals surface area contributed by atoms with Crippen molar-refractivity contribution in [3.8, 4) is 11.5 Å². The molecule has 1 N–H and O–H groups in total. The Balaban J connectivity index is 1.82. The van der Waals surface area contributed by atoms with Gasteiger partial charge < -0.3 is 19.4 Å². The summed E-state index contributed by atoms with van der Waals surface area (Å²) < 4.78 is 10.9. The Morgan fingerprint density at radius 1 is 1.43 bits per heavy atom. The van der Waals surface area contributed by atoms with Crippen LogP contribution in [0.5, 0.6) is 11.5 Å². The molecule has 21 heavy (non-hydrogen) atoms. The lowest BCUT2D eigenvalue weighted by atomic mass is 10.1. The molecule has 1 amide bonds. The molecule has 0 saturated heterocycles. The van der Waals surface area contributed by atoms with E-state index in [2.05, 4.69) is 9.97 Å². The molecule has 7 heteroatoms. The van der Waals surface area contributed by atoms with Gasteiger partial charge in [0.2, 0.25) is 0 Å². The third-order valence-corrected chi connectivity index (χ3v) is 3.41. The summed E-state index contributed by atoms with van der Waals surface area (Å²) >= 11 is 6.14. The maximum atomic E-state index is 12.4. The number of aromatic amines is 1. The zero-order valence-corrected chi connectivity index (χ0v) is 12.2. The first-order valence-corrected chi connectivity index (χ1v) is 6.86. The largest absolute Gasteiger partial charge is 0.486 e. The topological polar surface area (TPSA) is 67.5 Å². The van der Waals surface area contributed by atoms with Crippen molar-refractivity contribution in [1.82, 2.24) is 14.9 Å². The van der Waals surface area contributed by atoms with Gasteiger partial charge >= 0.3 is 0 Å². The molecule has 2 heterocycles. The second-order valence-corrected chi connectivity index (χ2v) is 5.09. The van der Waals surface area contributed by atoms with Crippen LogP contribution in [0.1, 0.15) is 16.2 Å². The summed E-state index contributed by atoms with van der Waals surface area (Å²) in [7, 11) is 1.70. The van der Waals surface area contributed by atoms with Gasteiger partial charge in [0.05, 0.1) is 11.6 Å². The highest BCUT2D eigenvalue weighted by Gasteiger charge is 2.21. The molecule has 0 radical (unpaired) electrons. The molecule has 1 aromatic carbocycles. The maximum Gasteiger partial charge on any atom is 0.254 e. The molecular formula is C14H14ClN3O3. The van der Waals surface area contributed by atoms with Crippen molar-refractivity contribution < 1.29 is 14.3 Å². The predicted octanol–water partition coefficient (Wildman–Crippen LogP) is 2.11. The number of aromatic nitrogens is 2. The maximum absolute atomic E-state index is 12.4. The fourth-order valence-corrected chi connectivity index (χ4v) is 2.40. The number of hydrogen-bond acceptors (Lipinski definition) is 4. The van der Waals surface area contributed by atoms with Crippen LogP contribution < -0.4 is 9.47 Å². The molecule has 6 nitrogen and oxygen atoms in total. The Morgan fingerprint density at radius 2 is 2.24 bits per heavy atom. The van der Waals surface area contributed by atoms with Crippen molar-refractivity contribution in [2.24, 2.45) is 0 Å². The van der Waals surface area contributed by atoms with E-state index in [1.54, 1.807) is 36.5 Å². The van der Waals surface area contributed by atoms with E-state index in [4.69, 9.17) is 21.1 Å². The van der Waals surface area contributed by atoms with E-state index in [-0.39, 0.29) is 5.91 Å². The van der Waals surface area contributed by atoms with Crippen LogP contribution in [0.25, 0.3) is 0 Å². The zero-order valence-electron chi connectivity index (χ0n) is 11.4. The molecule has 1 aromatic heterocycles. The van der Waals surface area contributed by atoms with E-state index in [0.29, 0.717) is 41.8 Å². The summed E-state index contributed by atoms with van der Waals surface area (Å²) in [4.78, 5) is 21.1. The van der Waals surface area contributed by atoms with Crippen molar-refractivity contribution in [1.29, 1.82) is 0 Å². The molecule has 110 valence electrons. The standard InChI is InChI=1S/C14H14ClN3O3/c1-18(8-12-16-2-3-17-12)14(19)9-6-10(15)13-11(7-9)20-4-5-21-13/h2-3,6-7H,4-5,8H2,1H3,(H,16,17). The van der Waals surface area contributed by atoms with E-state index in [9.17, 15) is 4.79 Å². The molecule has 0 unspecified atom stereocenters. The second-order valence-electron chi connectivity index (χ2n) is 4.68. The summed E-state index contributed by atoms with van der Waals surface area (Å²) in [5.41, 5.74) is 0.457. The zero-order chi connectivity index (χ0) is 14.8. The second kappa shape index (κ2) is 5.65. The number of amides is 1. The van der Waals surface area contributed by atoms with Gasteiger partial charge in [-0.05, 0) is 12.1 Å². The van der Waals surface area contributed by atoms with Crippen molar-refractivity contribution in [3.05, 3.63) is 40.9 Å². The third-order valence-electron chi connectivity index (χ3n) is 3.13. The molecule has 0 bridgehead atoms. The van der Waals surface area contributed by atoms with E-state index < -0.39 is 0 Å². The summed E-state index contributed by atoms with van der Waals surface area (Å²) in [5, 5.41) is 0.377. The van der Waals surface area contributed by atoms with Crippen LogP contribution in [-0.4, -0.2) is 41.0 Å². The molecule has 2 aromatic rings. The van der Waals surface area contributed by atoms with Crippen LogP contribution in [0, 0.1) is 0 Å². The lowest BCUT2D eigenvalue weighted by Gasteiger charge is -2.21. The summed E-state index contributed by atoms with van der Waals surface area (Å²) in [6, 6.07) is 3.25. The Morgan fingerprint density at radius 3 is 3.00 bits per heavy atom. The Kier molecular flexibility index (Phi) is 3.70. The van der Waals surface area contributed by atoms with Gasteiger partial charge in [-0.3, -0.25) is 4.79 Å². The number of imidazole rings is 1. The van der Waals surface area contributed by atoms with Crippen molar-refractivity contribution >= 4 is 17.5 Å². The number of fused-ring (bicyclic) bond motifs is 1. The summed E-state index contributed by atoms with van der Waals surface area (Å²) in [6.07, 6.45) is 3.36. The summed E-state index contributed by atoms with van der Waals surface area (Å²) in [5.74, 6) is 1.55. The number of nitrogens with one attached hydrogen (secondary N) is 1. The molecule has 1 aliphatic heterocycles. The SMILES string of the molecule is CN(Cc1ncc[nH]1)C(=O)c1cc(Cl)c2c(c1)OCCO2. The third kappa shape index (κ3) is 2.80. The van der Waals surface area contributed by atoms with E-state index in [1.165, 1.54) is 0 Å². The van der Waals surface area contributed by atoms with Gasteiger partial charge in [-0.2, -0.15) is 0 Å². The average Bonchev–Trinajstić information content (AvgIpc) is 2.99. The minimum atomic E-state index is -0.162. The molecule has 0 aliphatic carbocycles. The van der Waals surface area contributed by atoms with Gasteiger partial charge in [0.1, 0.15) is 19.0 Å². The first-order chi connectivity index (χ1) is 10.1. The van der Waals surface area contributed by atoms with Gasteiger partial charge in [0.15, 0.2) is 11.5 Å². The van der Waals surface area contributed by atoms with Crippen LogP contribution in [0.15, 0.2) is 24.5 Å². The number of ether oxygens (including phenoxy) is 2. The molecule has 0 saturated carbocycles. The number of nitrogens with zero attached hydrogens (tertiary/aromatic N) is 2. The van der Waals surface area contributed by atoms with Gasteiger partial charge in [0, 0.05) is 25.0 Å². The molecule has 0 fully saturated rings. The Hall–Kier alpha value is -2.21. The number of hydrogen-bond donors (Lipinski definition) is 1. The minimum Gasteiger partial charge on any atom is -0.486 e. The van der Waals surface area contributed by atoms with Crippen LogP contribution in [0.2, 0.25) is 5.02 Å². The molecule has 0 spiro atoms. The van der Waals surface area contributed by atoms with E-state index in [0.717, 1.165) is 5.82 Å². The first kappa shape index (κ1) is 13.8. The van der Waals surface area contributed by atoms with Crippen LogP contribution >= 0.6 is 11.6 Å². The normalized spacial score (nSPS) is 13.0. The number of carbonyl (C=O) groups excluding carboxylic acids is 1. The highest BCUT2D eigenvalue weighted by molar-refractivity contribution is 6.32. The highest BCUT2D eigenvalue weighted by Crippen LogP contribution is 2.38. The van der Waals surface area contributed by atoms with Crippen LogP contribution in [0.4, 0.5) is 0 Å². The molecule has 1 aliphatic rings. The van der Waals surface area contributed by atoms with E-state index in [1.807, 2.05) is 0 Å². The predicted molar refractivity (Wildman–Crippen MR) is 76.8 cm³/mol. The number of benzene rings is 1. The Labute approximate surface area is 126 Å². The van der Waals surface area contributed by atoms with Crippen molar-refractivity contribution in [2.45, 2.75) is 6.54 Å². The smallest absolute Gasteiger partial charge is 0.254 e. The van der Waals surface area contributed by atoms with Crippen molar-refractivity contribution in [3.63, 3.8) is 0 Å². The van der Waals surface area contributed by atoms with Crippen molar-refractivity contribution in [2.75, 3.05) is 20.3 Å². The van der Waals surface area contributed by atoms with Crippen LogP contribution in [-0.2, 0) is 6.54 Å². The number of halogens is 1. The Bertz CT molecular complexity index is 658. The first-order valence-electron chi connectivity index (χ1n) is 6.48. The van der Waals surface area contributed by atoms with Gasteiger partial charge in [-0.25, -0.2) is 4.98 Å². The lowest BCUT2D eigenvalue weighted by molar-refractivity contribution is 0.0780. The van der Waals surface area contributed by atoms with Crippen LogP contribution in [0.3, 0.4) is 0 Å². The highest BCUT2D eigenvalue weighted by atomic mass is 35.5. The fraction of sp³-hybridized carbons (Fsp3) is 0.286. The average molecular weight is 308 g/mol. The quantitative estimate of drug-likeness (QED) is 0.943. The fourth-order valence-electron chi connectivity index (χ4n) is 2.14. The monoisotopic (exact) mass is 307 g/mol. The van der Waals surface area contributed by atoms with Gasteiger partial charge in [-0.1, -0.05) is 11.6 Å². The number of carbonyl (C=O) groups is 1. The van der Waals surface area contributed by atoms with Gasteiger partial charge in [-0.15, -0.1) is 0 Å². The summed E-state index contributed by atoms with van der Waals surface area (Å²) in [6.45, 7) is 1.29. The van der Waals surface area contributed by atoms with E-state index >= 15 is 0 Å². The number of H-pyrrole nitrogens is 1. The lowest BCUT2D eigenvalue weighted by Crippen LogP contribution is -2.27.